The van der Waals surface area contributed by atoms with Crippen LogP contribution in [0.1, 0.15) is 0 Å². The number of alkyl halides is 3. The Hall–Kier alpha value is -0.430. The third kappa shape index (κ3) is 3.57. The second-order valence-corrected chi connectivity index (χ2v) is 2.53. The van der Waals surface area contributed by atoms with Gasteiger partial charge in [-0.3, -0.25) is 0 Å². The summed E-state index contributed by atoms with van der Waals surface area (Å²) >= 11 is -3.12. The van der Waals surface area contributed by atoms with E-state index in [1.807, 2.05) is 0 Å². The highest BCUT2D eigenvalue weighted by Crippen LogP contribution is 2.23. The van der Waals surface area contributed by atoms with Gasteiger partial charge in [-0.15, -0.1) is 13.2 Å². The number of halogens is 3. The van der Waals surface area contributed by atoms with E-state index in [-0.39, 0.29) is 0 Å². The normalized spacial score (nSPS) is 14.4. The Morgan fingerprint density at radius 1 is 1.60 bits per heavy atom. The summed E-state index contributed by atoms with van der Waals surface area (Å²) in [5, 5.41) is 0. The van der Waals surface area contributed by atoms with Crippen molar-refractivity contribution in [1.29, 1.82) is 0 Å². The van der Waals surface area contributed by atoms with Gasteiger partial charge in [0.05, 0.1) is 0 Å². The third-order valence-corrected chi connectivity index (χ3v) is 1.33. The molecule has 0 bridgehead atoms. The van der Waals surface area contributed by atoms with Crippen molar-refractivity contribution in [3.8, 4) is 0 Å². The molecule has 10 heavy (non-hydrogen) atoms. The van der Waals surface area contributed by atoms with Crippen molar-refractivity contribution < 1.29 is 27.3 Å². The highest BCUT2D eigenvalue weighted by Gasteiger charge is 2.44. The number of rotatable bonds is 3. The van der Waals surface area contributed by atoms with Crippen LogP contribution in [-0.2, 0) is 20.7 Å². The molecule has 0 rings (SSSR count). The predicted molar refractivity (Wildman–Crippen MR) is 25.8 cm³/mol. The molecule has 0 heterocycles. The maximum atomic E-state index is 11.3. The lowest BCUT2D eigenvalue weighted by Gasteiger charge is -2.09. The summed E-state index contributed by atoms with van der Waals surface area (Å²) in [5.74, 6) is -1.19. The zero-order valence-electron chi connectivity index (χ0n) is 4.47. The molecule has 3 nitrogen and oxygen atoms in total. The summed E-state index contributed by atoms with van der Waals surface area (Å²) < 4.78 is 47.2. The van der Waals surface area contributed by atoms with Crippen LogP contribution in [-0.4, -0.2) is 22.5 Å². The Kier molecular flexibility index (Phi) is 3.51. The molecule has 7 heteroatoms. The van der Waals surface area contributed by atoms with Crippen molar-refractivity contribution in [2.75, 3.05) is 5.94 Å². The van der Waals surface area contributed by atoms with Gasteiger partial charge in [0.25, 0.3) is 5.94 Å². The molecule has 0 aromatic carbocycles. The van der Waals surface area contributed by atoms with Gasteiger partial charge < -0.3 is 9.29 Å². The molecule has 0 saturated heterocycles. The SMILES string of the molecule is O=[C]OC[S+]([O-])C(F)(F)F. The molecule has 0 aliphatic rings. The van der Waals surface area contributed by atoms with Crippen molar-refractivity contribution in [1.82, 2.24) is 0 Å². The van der Waals surface area contributed by atoms with E-state index in [0.29, 0.717) is 0 Å². The summed E-state index contributed by atoms with van der Waals surface area (Å²) in [6.45, 7) is 0.728. The first kappa shape index (κ1) is 9.57. The van der Waals surface area contributed by atoms with Gasteiger partial charge in [-0.1, -0.05) is 0 Å². The molecule has 0 spiro atoms. The van der Waals surface area contributed by atoms with Crippen molar-refractivity contribution in [3.63, 3.8) is 0 Å². The first-order valence-corrected chi connectivity index (χ1v) is 3.24. The minimum absolute atomic E-state index is 0.728. The fraction of sp³-hybridized carbons (Fsp3) is 0.667. The Bertz CT molecular complexity index is 114. The maximum Gasteiger partial charge on any atom is 0.576 e. The van der Waals surface area contributed by atoms with Crippen molar-refractivity contribution in [3.05, 3.63) is 0 Å². The highest BCUT2D eigenvalue weighted by atomic mass is 32.2. The largest absolute Gasteiger partial charge is 0.606 e. The zero-order chi connectivity index (χ0) is 8.20. The van der Waals surface area contributed by atoms with Gasteiger partial charge in [-0.25, -0.2) is 4.79 Å². The van der Waals surface area contributed by atoms with E-state index in [0.717, 1.165) is 6.47 Å². The molecule has 0 aromatic heterocycles. The molecular formula is C3H2F3O3S. The third-order valence-electron chi connectivity index (χ3n) is 0.483. The molecule has 0 aliphatic heterocycles. The monoisotopic (exact) mass is 175 g/mol. The summed E-state index contributed by atoms with van der Waals surface area (Å²) in [7, 11) is 0. The molecule has 59 valence electrons. The number of hydrogen-bond acceptors (Lipinski definition) is 3. The van der Waals surface area contributed by atoms with Gasteiger partial charge in [-0.2, -0.15) is 0 Å². The van der Waals surface area contributed by atoms with Crippen LogP contribution in [0.25, 0.3) is 0 Å². The van der Waals surface area contributed by atoms with E-state index >= 15 is 0 Å². The molecule has 0 N–H and O–H groups in total. The van der Waals surface area contributed by atoms with E-state index in [9.17, 15) is 22.5 Å². The maximum absolute atomic E-state index is 11.3. The lowest BCUT2D eigenvalue weighted by Crippen LogP contribution is -2.27. The van der Waals surface area contributed by atoms with Gasteiger partial charge in [-0.05, 0) is 0 Å². The second-order valence-electron chi connectivity index (χ2n) is 1.14. The number of carbonyl (C=O) groups excluding carboxylic acids is 1. The smallest absolute Gasteiger partial charge is 0.576 e. The van der Waals surface area contributed by atoms with Gasteiger partial charge >= 0.3 is 12.0 Å². The zero-order valence-corrected chi connectivity index (χ0v) is 5.29. The Morgan fingerprint density at radius 2 is 2.10 bits per heavy atom. The summed E-state index contributed by atoms with van der Waals surface area (Å²) in [5.41, 5.74) is -4.82. The van der Waals surface area contributed by atoms with Crippen LogP contribution in [0, 0.1) is 0 Å². The van der Waals surface area contributed by atoms with E-state index in [1.165, 1.54) is 0 Å². The van der Waals surface area contributed by atoms with Crippen LogP contribution in [0.5, 0.6) is 0 Å². The predicted octanol–water partition coefficient (Wildman–Crippen LogP) is 0.296. The first-order valence-electron chi connectivity index (χ1n) is 1.92. The molecule has 0 amide bonds. The summed E-state index contributed by atoms with van der Waals surface area (Å²) in [6, 6.07) is 0. The van der Waals surface area contributed by atoms with Gasteiger partial charge in [0, 0.05) is 0 Å². The number of hydrogen-bond donors (Lipinski definition) is 0. The average molecular weight is 175 g/mol. The standard InChI is InChI=1S/C3H2F3O3S/c4-3(5,6)10(8)2-9-1-7/h2H2. The van der Waals surface area contributed by atoms with Crippen molar-refractivity contribution >= 4 is 17.6 Å². The van der Waals surface area contributed by atoms with Crippen LogP contribution >= 0.6 is 0 Å². The molecular weight excluding hydrogens is 173 g/mol. The van der Waals surface area contributed by atoms with Crippen molar-refractivity contribution in [2.24, 2.45) is 0 Å². The minimum atomic E-state index is -4.82. The molecule has 1 atom stereocenters. The summed E-state index contributed by atoms with van der Waals surface area (Å²) in [6.07, 6.45) is 0. The second kappa shape index (κ2) is 3.67. The van der Waals surface area contributed by atoms with Crippen LogP contribution in [0.2, 0.25) is 0 Å². The Morgan fingerprint density at radius 3 is 2.40 bits per heavy atom. The highest BCUT2D eigenvalue weighted by molar-refractivity contribution is 7.92. The molecule has 1 unspecified atom stereocenters. The van der Waals surface area contributed by atoms with E-state index in [2.05, 4.69) is 4.74 Å². The van der Waals surface area contributed by atoms with Crippen LogP contribution in [0.3, 0.4) is 0 Å². The van der Waals surface area contributed by atoms with Crippen molar-refractivity contribution in [2.45, 2.75) is 5.51 Å². The van der Waals surface area contributed by atoms with Crippen LogP contribution in [0.4, 0.5) is 13.2 Å². The van der Waals surface area contributed by atoms with Crippen LogP contribution < -0.4 is 0 Å². The average Bonchev–Trinajstić information content (AvgIpc) is 1.80. The van der Waals surface area contributed by atoms with E-state index in [4.69, 9.17) is 0 Å². The molecule has 1 radical (unpaired) electrons. The van der Waals surface area contributed by atoms with E-state index in [1.54, 1.807) is 0 Å². The molecule has 0 fully saturated rings. The molecule has 0 saturated carbocycles. The topological polar surface area (TPSA) is 49.4 Å². The Labute approximate surface area is 57.3 Å². The fourth-order valence-corrected chi connectivity index (χ4v) is 0.433. The molecule has 0 aromatic rings. The quantitative estimate of drug-likeness (QED) is 0.579. The lowest BCUT2D eigenvalue weighted by atomic mass is 11.5. The lowest BCUT2D eigenvalue weighted by molar-refractivity contribution is -0.0449. The minimum Gasteiger partial charge on any atom is -0.606 e. The number of ether oxygens (including phenoxy) is 1. The van der Waals surface area contributed by atoms with E-state index < -0.39 is 22.6 Å². The fourth-order valence-electron chi connectivity index (χ4n) is 0.144. The van der Waals surface area contributed by atoms with Gasteiger partial charge in [0.2, 0.25) is 0 Å². The first-order chi connectivity index (χ1) is 4.48. The van der Waals surface area contributed by atoms with Gasteiger partial charge in [0.1, 0.15) is 11.2 Å². The summed E-state index contributed by atoms with van der Waals surface area (Å²) in [4.78, 5) is 9.19. The van der Waals surface area contributed by atoms with Crippen LogP contribution in [0.15, 0.2) is 0 Å². The Balaban J connectivity index is 3.61. The molecule has 0 aliphatic carbocycles. The van der Waals surface area contributed by atoms with Gasteiger partial charge in [0.15, 0.2) is 0 Å².